The Morgan fingerprint density at radius 1 is 1.00 bits per heavy atom. The van der Waals surface area contributed by atoms with E-state index in [0.29, 0.717) is 34.6 Å². The second-order valence-corrected chi connectivity index (χ2v) is 9.42. The van der Waals surface area contributed by atoms with Crippen LogP contribution in [0.2, 0.25) is 0 Å². The molecule has 7 nitrogen and oxygen atoms in total. The zero-order chi connectivity index (χ0) is 25.4. The molecule has 184 valence electrons. The molecule has 0 heterocycles. The van der Waals surface area contributed by atoms with Crippen LogP contribution in [0.1, 0.15) is 27.0 Å². The number of allylic oxidation sites excluding steroid dienone is 1. The number of ether oxygens (including phenoxy) is 2. The molecule has 0 atom stereocenters. The predicted molar refractivity (Wildman–Crippen MR) is 131 cm³/mol. The molecule has 3 aromatic rings. The molecule has 0 radical (unpaired) electrons. The van der Waals surface area contributed by atoms with Crippen molar-refractivity contribution in [2.24, 2.45) is 0 Å². The lowest BCUT2D eigenvalue weighted by Crippen LogP contribution is -2.25. The molecule has 0 aliphatic rings. The van der Waals surface area contributed by atoms with E-state index in [1.165, 1.54) is 44.6 Å². The Bertz CT molecular complexity index is 1330. The van der Waals surface area contributed by atoms with Gasteiger partial charge in [-0.05, 0) is 53.9 Å². The molecule has 0 aliphatic heterocycles. The van der Waals surface area contributed by atoms with Gasteiger partial charge in [-0.1, -0.05) is 30.3 Å². The Labute approximate surface area is 204 Å². The zero-order valence-electron chi connectivity index (χ0n) is 19.5. The highest BCUT2D eigenvalue weighted by atomic mass is 32.2. The first-order valence-corrected chi connectivity index (χ1v) is 12.2. The van der Waals surface area contributed by atoms with Gasteiger partial charge in [0.25, 0.3) is 5.91 Å². The second-order valence-electron chi connectivity index (χ2n) is 7.65. The number of carbonyl (C=O) groups is 1. The number of carbonyl (C=O) groups excluding carboxylic acids is 1. The normalized spacial score (nSPS) is 11.1. The summed E-state index contributed by atoms with van der Waals surface area (Å²) in [4.78, 5) is 12.9. The Balaban J connectivity index is 1.71. The first kappa shape index (κ1) is 25.9. The Hall–Kier alpha value is -3.69. The molecule has 3 rings (SSSR count). The smallest absolute Gasteiger partial charge is 0.251 e. The van der Waals surface area contributed by atoms with E-state index in [1.54, 1.807) is 36.4 Å². The molecule has 1 amide bonds. The number of nitrogens with one attached hydrogen (secondary N) is 2. The van der Waals surface area contributed by atoms with E-state index in [0.717, 1.165) is 5.56 Å². The number of halogens is 1. The molecule has 0 aliphatic carbocycles. The quantitative estimate of drug-likeness (QED) is 0.390. The molecule has 35 heavy (non-hydrogen) atoms. The predicted octanol–water partition coefficient (Wildman–Crippen LogP) is 3.98. The van der Waals surface area contributed by atoms with E-state index in [2.05, 4.69) is 16.6 Å². The third-order valence-electron chi connectivity index (χ3n) is 5.20. The van der Waals surface area contributed by atoms with Crippen LogP contribution in [0.25, 0.3) is 0 Å². The summed E-state index contributed by atoms with van der Waals surface area (Å²) in [6.45, 7) is 3.79. The van der Waals surface area contributed by atoms with Crippen LogP contribution < -0.4 is 19.5 Å². The van der Waals surface area contributed by atoms with Crippen molar-refractivity contribution in [3.05, 3.63) is 101 Å². The summed E-state index contributed by atoms with van der Waals surface area (Å²) in [6.07, 6.45) is 2.19. The summed E-state index contributed by atoms with van der Waals surface area (Å²) < 4.78 is 52.0. The van der Waals surface area contributed by atoms with Crippen LogP contribution in [-0.4, -0.2) is 28.5 Å². The summed E-state index contributed by atoms with van der Waals surface area (Å²) in [5, 5.41) is 2.80. The lowest BCUT2D eigenvalue weighted by molar-refractivity contribution is 0.0950. The topological polar surface area (TPSA) is 93.7 Å². The van der Waals surface area contributed by atoms with E-state index < -0.39 is 15.8 Å². The van der Waals surface area contributed by atoms with E-state index in [4.69, 9.17) is 9.47 Å². The highest BCUT2D eigenvalue weighted by molar-refractivity contribution is 7.89. The Kier molecular flexibility index (Phi) is 8.62. The molecule has 0 aromatic heterocycles. The average Bonchev–Trinajstić information content (AvgIpc) is 2.86. The molecular formula is C26H27FN2O5S. The highest BCUT2D eigenvalue weighted by Crippen LogP contribution is 2.33. The summed E-state index contributed by atoms with van der Waals surface area (Å²) in [6, 6.07) is 15.2. The molecular weight excluding hydrogens is 471 g/mol. The number of rotatable bonds is 11. The maximum absolute atomic E-state index is 13.3. The van der Waals surface area contributed by atoms with E-state index in [9.17, 15) is 17.6 Å². The van der Waals surface area contributed by atoms with Gasteiger partial charge in [0.2, 0.25) is 10.0 Å². The van der Waals surface area contributed by atoms with Gasteiger partial charge in [-0.15, -0.1) is 6.58 Å². The van der Waals surface area contributed by atoms with E-state index in [-0.39, 0.29) is 23.9 Å². The van der Waals surface area contributed by atoms with Crippen LogP contribution in [-0.2, 0) is 29.5 Å². The fourth-order valence-electron chi connectivity index (χ4n) is 3.50. The average molecular weight is 499 g/mol. The monoisotopic (exact) mass is 498 g/mol. The van der Waals surface area contributed by atoms with Crippen molar-refractivity contribution < 1.29 is 27.1 Å². The van der Waals surface area contributed by atoms with Gasteiger partial charge in [0.15, 0.2) is 11.5 Å². The van der Waals surface area contributed by atoms with Gasteiger partial charge in [0.05, 0.1) is 19.1 Å². The van der Waals surface area contributed by atoms with Crippen molar-refractivity contribution in [1.82, 2.24) is 10.0 Å². The number of benzene rings is 3. The van der Waals surface area contributed by atoms with Crippen LogP contribution >= 0.6 is 0 Å². The van der Waals surface area contributed by atoms with Crippen molar-refractivity contribution in [3.8, 4) is 11.5 Å². The van der Waals surface area contributed by atoms with Crippen molar-refractivity contribution >= 4 is 15.9 Å². The van der Waals surface area contributed by atoms with Crippen LogP contribution in [0.15, 0.2) is 78.2 Å². The van der Waals surface area contributed by atoms with Crippen molar-refractivity contribution in [3.63, 3.8) is 0 Å². The first-order chi connectivity index (χ1) is 16.8. The Morgan fingerprint density at radius 2 is 1.71 bits per heavy atom. The van der Waals surface area contributed by atoms with Crippen molar-refractivity contribution in [2.75, 3.05) is 14.2 Å². The maximum Gasteiger partial charge on any atom is 0.251 e. The SMILES string of the molecule is C=CCc1cc(C(=O)NCc2cccc(S(=O)(=O)NCc3cccc(F)c3)c2)cc(OC)c1OC. The molecule has 3 aromatic carbocycles. The molecule has 0 spiro atoms. The minimum absolute atomic E-state index is 0.0417. The summed E-state index contributed by atoms with van der Waals surface area (Å²) in [7, 11) is -0.821. The molecule has 0 saturated carbocycles. The van der Waals surface area contributed by atoms with Crippen molar-refractivity contribution in [1.29, 1.82) is 0 Å². The molecule has 0 unspecified atom stereocenters. The lowest BCUT2D eigenvalue weighted by atomic mass is 10.0. The third-order valence-corrected chi connectivity index (χ3v) is 6.60. The van der Waals surface area contributed by atoms with Crippen LogP contribution in [0.4, 0.5) is 4.39 Å². The summed E-state index contributed by atoms with van der Waals surface area (Å²) in [5.74, 6) is 0.168. The molecule has 0 bridgehead atoms. The number of methoxy groups -OCH3 is 2. The van der Waals surface area contributed by atoms with Gasteiger partial charge in [-0.25, -0.2) is 17.5 Å². The number of sulfonamides is 1. The fraction of sp³-hybridized carbons (Fsp3) is 0.192. The zero-order valence-corrected chi connectivity index (χ0v) is 20.3. The third kappa shape index (κ3) is 6.68. The van der Waals surface area contributed by atoms with Gasteiger partial charge in [0.1, 0.15) is 5.82 Å². The minimum Gasteiger partial charge on any atom is -0.493 e. The molecule has 9 heteroatoms. The fourth-order valence-corrected chi connectivity index (χ4v) is 4.58. The summed E-state index contributed by atoms with van der Waals surface area (Å²) in [5.41, 5.74) is 2.23. The van der Waals surface area contributed by atoms with Crippen LogP contribution in [0.5, 0.6) is 11.5 Å². The van der Waals surface area contributed by atoms with Gasteiger partial charge < -0.3 is 14.8 Å². The number of hydrogen-bond acceptors (Lipinski definition) is 5. The second kappa shape index (κ2) is 11.6. The first-order valence-electron chi connectivity index (χ1n) is 10.7. The van der Waals surface area contributed by atoms with Crippen LogP contribution in [0.3, 0.4) is 0 Å². The lowest BCUT2D eigenvalue weighted by Gasteiger charge is -2.14. The maximum atomic E-state index is 13.3. The van der Waals surface area contributed by atoms with E-state index in [1.807, 2.05) is 0 Å². The summed E-state index contributed by atoms with van der Waals surface area (Å²) >= 11 is 0. The van der Waals surface area contributed by atoms with E-state index >= 15 is 0 Å². The minimum atomic E-state index is -3.84. The molecule has 0 saturated heterocycles. The van der Waals surface area contributed by atoms with Crippen molar-refractivity contribution in [2.45, 2.75) is 24.4 Å². The number of hydrogen-bond donors (Lipinski definition) is 2. The van der Waals surface area contributed by atoms with Gasteiger partial charge in [-0.3, -0.25) is 4.79 Å². The largest absolute Gasteiger partial charge is 0.493 e. The Morgan fingerprint density at radius 3 is 2.37 bits per heavy atom. The standard InChI is InChI=1S/C26H27FN2O5S/c1-4-7-20-14-21(15-24(33-2)25(20)34-3)26(30)28-16-19-9-6-11-23(13-19)35(31,32)29-17-18-8-5-10-22(27)12-18/h4-6,8-15,29H,1,7,16-17H2,2-3H3,(H,28,30). The van der Waals surface area contributed by atoms with Gasteiger partial charge in [0, 0.05) is 24.2 Å². The number of amides is 1. The highest BCUT2D eigenvalue weighted by Gasteiger charge is 2.17. The molecule has 0 fully saturated rings. The molecule has 2 N–H and O–H groups in total. The van der Waals surface area contributed by atoms with Gasteiger partial charge >= 0.3 is 0 Å². The van der Waals surface area contributed by atoms with Crippen LogP contribution in [0, 0.1) is 5.82 Å². The van der Waals surface area contributed by atoms with Gasteiger partial charge in [-0.2, -0.15) is 0 Å².